The minimum Gasteiger partial charge on any atom is -0.380 e. The monoisotopic (exact) mass is 329 g/mol. The maximum atomic E-state index is 10.4. The van der Waals surface area contributed by atoms with Crippen molar-refractivity contribution in [1.82, 2.24) is 14.8 Å². The summed E-state index contributed by atoms with van der Waals surface area (Å²) in [5, 5.41) is 15.1. The second-order valence-corrected chi connectivity index (χ2v) is 5.14. The lowest BCUT2D eigenvalue weighted by molar-refractivity contribution is 0.202. The van der Waals surface area contributed by atoms with E-state index in [2.05, 4.69) is 32.9 Å². The summed E-state index contributed by atoms with van der Waals surface area (Å²) in [4.78, 5) is 4.13. The first-order valence-electron chi connectivity index (χ1n) is 5.64. The molecule has 0 bridgehead atoms. The second-order valence-electron chi connectivity index (χ2n) is 3.87. The molecule has 2 aromatic heterocycles. The summed E-state index contributed by atoms with van der Waals surface area (Å²) in [5.41, 5.74) is 1.12. The Morgan fingerprint density at radius 2 is 2.33 bits per heavy atom. The minimum absolute atomic E-state index is 0.442. The zero-order valence-corrected chi connectivity index (χ0v) is 12.2. The average molecular weight is 331 g/mol. The number of nitrogens with zero attached hydrogens (tertiary/aromatic N) is 3. The van der Waals surface area contributed by atoms with Gasteiger partial charge in [-0.05, 0) is 34.5 Å². The van der Waals surface area contributed by atoms with E-state index in [1.165, 1.54) is 0 Å². The Morgan fingerprint density at radius 1 is 1.56 bits per heavy atom. The predicted octanol–water partition coefficient (Wildman–Crippen LogP) is 3.19. The highest BCUT2D eigenvalue weighted by atomic mass is 79.9. The van der Waals surface area contributed by atoms with Crippen LogP contribution < -0.4 is 0 Å². The Labute approximate surface area is 119 Å². The fourth-order valence-electron chi connectivity index (χ4n) is 1.76. The molecule has 18 heavy (non-hydrogen) atoms. The maximum absolute atomic E-state index is 10.4. The van der Waals surface area contributed by atoms with Crippen molar-refractivity contribution in [3.05, 3.63) is 45.4 Å². The normalized spacial score (nSPS) is 12.7. The molecule has 0 saturated heterocycles. The van der Waals surface area contributed by atoms with Gasteiger partial charge in [-0.15, -0.1) is 0 Å². The number of aromatic nitrogens is 3. The van der Waals surface area contributed by atoms with Crippen molar-refractivity contribution in [2.45, 2.75) is 26.0 Å². The van der Waals surface area contributed by atoms with Crippen molar-refractivity contribution < 1.29 is 5.11 Å². The van der Waals surface area contributed by atoms with Crippen LogP contribution >= 0.6 is 27.5 Å². The zero-order chi connectivity index (χ0) is 13.1. The minimum atomic E-state index is -0.887. The van der Waals surface area contributed by atoms with Gasteiger partial charge in [-0.25, -0.2) is 0 Å². The molecule has 1 unspecified atom stereocenters. The Kier molecular flexibility index (Phi) is 4.37. The summed E-state index contributed by atoms with van der Waals surface area (Å²) in [6, 6.07) is 3.44. The molecule has 0 saturated carbocycles. The van der Waals surface area contributed by atoms with E-state index >= 15 is 0 Å². The predicted molar refractivity (Wildman–Crippen MR) is 73.5 cm³/mol. The van der Waals surface area contributed by atoms with Gasteiger partial charge < -0.3 is 5.11 Å². The molecular formula is C12H13BrClN3O. The molecule has 2 heterocycles. The van der Waals surface area contributed by atoms with E-state index < -0.39 is 6.10 Å². The van der Waals surface area contributed by atoms with Gasteiger partial charge in [-0.1, -0.05) is 18.5 Å². The Morgan fingerprint density at radius 3 is 3.00 bits per heavy atom. The number of hydrogen-bond donors (Lipinski definition) is 1. The summed E-state index contributed by atoms with van der Waals surface area (Å²) in [5.74, 6) is 0. The van der Waals surface area contributed by atoms with E-state index in [1.54, 1.807) is 29.2 Å². The quantitative estimate of drug-likeness (QED) is 0.936. The number of hydrogen-bond acceptors (Lipinski definition) is 3. The Bertz CT molecular complexity index is 544. The van der Waals surface area contributed by atoms with Crippen molar-refractivity contribution in [1.29, 1.82) is 0 Å². The summed E-state index contributed by atoms with van der Waals surface area (Å²) in [7, 11) is 0. The highest BCUT2D eigenvalue weighted by Crippen LogP contribution is 2.30. The third kappa shape index (κ3) is 2.58. The standard InChI is InChI=1S/C12H13BrClN3O/c1-2-6-17-11(8(13)7-16-17)12(18)10-9(14)4-3-5-15-10/h3-5,7,12,18H,2,6H2,1H3. The molecule has 1 atom stereocenters. The van der Waals surface area contributed by atoms with Crippen LogP contribution in [-0.4, -0.2) is 19.9 Å². The van der Waals surface area contributed by atoms with Crippen LogP contribution in [-0.2, 0) is 6.54 Å². The molecule has 1 N–H and O–H groups in total. The SMILES string of the molecule is CCCn1ncc(Br)c1C(O)c1ncccc1Cl. The van der Waals surface area contributed by atoms with E-state index in [0.29, 0.717) is 16.4 Å². The molecule has 2 aromatic rings. The van der Waals surface area contributed by atoms with Gasteiger partial charge in [0.05, 0.1) is 27.1 Å². The summed E-state index contributed by atoms with van der Waals surface area (Å²) in [6.07, 6.45) is 3.33. The largest absolute Gasteiger partial charge is 0.380 e. The van der Waals surface area contributed by atoms with Crippen molar-refractivity contribution in [3.63, 3.8) is 0 Å². The first-order valence-corrected chi connectivity index (χ1v) is 6.82. The van der Waals surface area contributed by atoms with Crippen molar-refractivity contribution in [2.24, 2.45) is 0 Å². The number of aliphatic hydroxyl groups is 1. The first-order chi connectivity index (χ1) is 8.65. The molecule has 0 radical (unpaired) electrons. The lowest BCUT2D eigenvalue weighted by Crippen LogP contribution is -2.12. The van der Waals surface area contributed by atoms with Crippen LogP contribution in [0.1, 0.15) is 30.8 Å². The second kappa shape index (κ2) is 5.82. The molecule has 0 aromatic carbocycles. The number of aliphatic hydroxyl groups excluding tert-OH is 1. The summed E-state index contributed by atoms with van der Waals surface area (Å²) >= 11 is 9.45. The van der Waals surface area contributed by atoms with E-state index in [4.69, 9.17) is 11.6 Å². The highest BCUT2D eigenvalue weighted by Gasteiger charge is 2.22. The fourth-order valence-corrected chi connectivity index (χ4v) is 2.50. The number of pyridine rings is 1. The van der Waals surface area contributed by atoms with Crippen molar-refractivity contribution in [3.8, 4) is 0 Å². The van der Waals surface area contributed by atoms with Crippen molar-refractivity contribution in [2.75, 3.05) is 0 Å². The Hall–Kier alpha value is -0.910. The van der Waals surface area contributed by atoms with E-state index in [9.17, 15) is 5.11 Å². The molecule has 4 nitrogen and oxygen atoms in total. The molecular weight excluding hydrogens is 318 g/mol. The van der Waals surface area contributed by atoms with Crippen LogP contribution in [0, 0.1) is 0 Å². The third-order valence-electron chi connectivity index (χ3n) is 2.57. The number of rotatable bonds is 4. The van der Waals surface area contributed by atoms with Gasteiger partial charge >= 0.3 is 0 Å². The molecule has 96 valence electrons. The smallest absolute Gasteiger partial charge is 0.140 e. The molecule has 0 aliphatic rings. The third-order valence-corrected chi connectivity index (χ3v) is 3.50. The molecule has 0 aliphatic carbocycles. The van der Waals surface area contributed by atoms with Gasteiger partial charge in [0, 0.05) is 12.7 Å². The van der Waals surface area contributed by atoms with Gasteiger partial charge in [0.1, 0.15) is 6.10 Å². The highest BCUT2D eigenvalue weighted by molar-refractivity contribution is 9.10. The fraction of sp³-hybridized carbons (Fsp3) is 0.333. The van der Waals surface area contributed by atoms with Crippen LogP contribution in [0.4, 0.5) is 0 Å². The van der Waals surface area contributed by atoms with Crippen LogP contribution in [0.3, 0.4) is 0 Å². The molecule has 0 aliphatic heterocycles. The topological polar surface area (TPSA) is 50.9 Å². The van der Waals surface area contributed by atoms with E-state index in [0.717, 1.165) is 17.4 Å². The maximum Gasteiger partial charge on any atom is 0.140 e. The first kappa shape index (κ1) is 13.5. The lowest BCUT2D eigenvalue weighted by Gasteiger charge is -2.14. The van der Waals surface area contributed by atoms with Gasteiger partial charge in [0.25, 0.3) is 0 Å². The van der Waals surface area contributed by atoms with Crippen LogP contribution in [0.5, 0.6) is 0 Å². The average Bonchev–Trinajstić information content (AvgIpc) is 2.71. The number of halogens is 2. The summed E-state index contributed by atoms with van der Waals surface area (Å²) < 4.78 is 2.52. The van der Waals surface area contributed by atoms with Gasteiger partial charge in [0.15, 0.2) is 0 Å². The zero-order valence-electron chi connectivity index (χ0n) is 9.85. The molecule has 0 fully saturated rings. The van der Waals surface area contributed by atoms with Crippen LogP contribution in [0.15, 0.2) is 29.0 Å². The Balaban J connectivity index is 2.42. The van der Waals surface area contributed by atoms with Gasteiger partial charge in [-0.2, -0.15) is 5.10 Å². The molecule has 6 heteroatoms. The van der Waals surface area contributed by atoms with E-state index in [1.807, 2.05) is 0 Å². The van der Waals surface area contributed by atoms with E-state index in [-0.39, 0.29) is 0 Å². The summed E-state index contributed by atoms with van der Waals surface area (Å²) in [6.45, 7) is 2.79. The van der Waals surface area contributed by atoms with Gasteiger partial charge in [0.2, 0.25) is 0 Å². The van der Waals surface area contributed by atoms with Gasteiger partial charge in [-0.3, -0.25) is 9.67 Å². The lowest BCUT2D eigenvalue weighted by atomic mass is 10.1. The van der Waals surface area contributed by atoms with Crippen LogP contribution in [0.2, 0.25) is 5.02 Å². The molecule has 0 spiro atoms. The van der Waals surface area contributed by atoms with Crippen LogP contribution in [0.25, 0.3) is 0 Å². The molecule has 0 amide bonds. The molecule has 2 rings (SSSR count). The number of aryl methyl sites for hydroxylation is 1. The van der Waals surface area contributed by atoms with Crippen molar-refractivity contribution >= 4 is 27.5 Å².